The maximum absolute atomic E-state index is 5.61. The van der Waals surface area contributed by atoms with Gasteiger partial charge in [0, 0.05) is 19.3 Å². The van der Waals surface area contributed by atoms with E-state index in [0.717, 1.165) is 18.9 Å². The first-order chi connectivity index (χ1) is 6.18. The van der Waals surface area contributed by atoms with Gasteiger partial charge in [-0.15, -0.1) is 0 Å². The minimum absolute atomic E-state index is 0.273. The lowest BCUT2D eigenvalue weighted by molar-refractivity contribution is 0.425. The summed E-state index contributed by atoms with van der Waals surface area (Å²) < 4.78 is 0. The molecule has 1 N–H and O–H groups in total. The van der Waals surface area contributed by atoms with Gasteiger partial charge in [-0.2, -0.15) is 0 Å². The predicted octanol–water partition coefficient (Wildman–Crippen LogP) is 1.10. The number of hydrogen-bond acceptors (Lipinski definition) is 4. The van der Waals surface area contributed by atoms with Gasteiger partial charge in [0.2, 0.25) is 5.28 Å². The van der Waals surface area contributed by atoms with Gasteiger partial charge >= 0.3 is 0 Å². The second-order valence-electron chi connectivity index (χ2n) is 2.94. The molecule has 0 bridgehead atoms. The van der Waals surface area contributed by atoms with Crippen molar-refractivity contribution in [2.75, 3.05) is 32.5 Å². The Morgan fingerprint density at radius 1 is 1.54 bits per heavy atom. The molecule has 1 aromatic rings. The van der Waals surface area contributed by atoms with Crippen molar-refractivity contribution in [2.45, 2.75) is 0 Å². The van der Waals surface area contributed by atoms with Crippen LogP contribution in [0.2, 0.25) is 5.28 Å². The molecule has 72 valence electrons. The number of anilines is 1. The molecule has 0 aliphatic rings. The van der Waals surface area contributed by atoms with E-state index < -0.39 is 0 Å². The third-order valence-electron chi connectivity index (χ3n) is 1.49. The van der Waals surface area contributed by atoms with E-state index >= 15 is 0 Å². The van der Waals surface area contributed by atoms with Crippen molar-refractivity contribution >= 4 is 17.4 Å². The first-order valence-electron chi connectivity index (χ1n) is 4.05. The summed E-state index contributed by atoms with van der Waals surface area (Å²) in [5.41, 5.74) is 0. The van der Waals surface area contributed by atoms with Gasteiger partial charge in [-0.3, -0.25) is 0 Å². The van der Waals surface area contributed by atoms with Crippen LogP contribution < -0.4 is 5.32 Å². The summed E-state index contributed by atoms with van der Waals surface area (Å²) in [5, 5.41) is 3.41. The molecule has 0 spiro atoms. The van der Waals surface area contributed by atoms with Crippen LogP contribution in [0, 0.1) is 0 Å². The molecule has 0 fully saturated rings. The van der Waals surface area contributed by atoms with Crippen LogP contribution in [0.25, 0.3) is 0 Å². The molecule has 0 aliphatic carbocycles. The topological polar surface area (TPSA) is 41.0 Å². The Morgan fingerprint density at radius 2 is 2.31 bits per heavy atom. The predicted molar refractivity (Wildman–Crippen MR) is 54.1 cm³/mol. The largest absolute Gasteiger partial charge is 0.369 e. The van der Waals surface area contributed by atoms with Crippen molar-refractivity contribution in [2.24, 2.45) is 0 Å². The average Bonchev–Trinajstić information content (AvgIpc) is 2.03. The van der Waals surface area contributed by atoms with Gasteiger partial charge in [0.1, 0.15) is 5.82 Å². The Kier molecular flexibility index (Phi) is 3.92. The fourth-order valence-corrected chi connectivity index (χ4v) is 0.988. The highest BCUT2D eigenvalue weighted by molar-refractivity contribution is 6.28. The highest BCUT2D eigenvalue weighted by Gasteiger charge is 1.95. The van der Waals surface area contributed by atoms with Gasteiger partial charge in [0.15, 0.2) is 0 Å². The molecule has 0 atom stereocenters. The SMILES string of the molecule is CN(C)CCNc1ccnc(Cl)n1. The lowest BCUT2D eigenvalue weighted by Crippen LogP contribution is -2.21. The minimum atomic E-state index is 0.273. The third-order valence-corrected chi connectivity index (χ3v) is 1.67. The molecular formula is C8H13ClN4. The van der Waals surface area contributed by atoms with Crippen LogP contribution in [0.4, 0.5) is 5.82 Å². The molecule has 13 heavy (non-hydrogen) atoms. The number of likely N-dealkylation sites (N-methyl/N-ethyl adjacent to an activating group) is 1. The fourth-order valence-electron chi connectivity index (χ4n) is 0.841. The van der Waals surface area contributed by atoms with Crippen LogP contribution in [0.1, 0.15) is 0 Å². The molecular weight excluding hydrogens is 188 g/mol. The molecule has 0 saturated carbocycles. The summed E-state index contributed by atoms with van der Waals surface area (Å²) in [7, 11) is 4.04. The van der Waals surface area contributed by atoms with E-state index in [1.54, 1.807) is 12.3 Å². The zero-order valence-corrected chi connectivity index (χ0v) is 8.54. The zero-order chi connectivity index (χ0) is 9.68. The van der Waals surface area contributed by atoms with Crippen LogP contribution in [-0.2, 0) is 0 Å². The minimum Gasteiger partial charge on any atom is -0.369 e. The number of nitrogens with zero attached hydrogens (tertiary/aromatic N) is 3. The molecule has 1 rings (SSSR count). The molecule has 5 heteroatoms. The van der Waals surface area contributed by atoms with E-state index in [1.807, 2.05) is 14.1 Å². The standard InChI is InChI=1S/C8H13ClN4/c1-13(2)6-5-10-7-3-4-11-8(9)12-7/h3-4H,5-6H2,1-2H3,(H,10,11,12). The van der Waals surface area contributed by atoms with E-state index in [0.29, 0.717) is 0 Å². The van der Waals surface area contributed by atoms with Crippen LogP contribution in [-0.4, -0.2) is 42.1 Å². The van der Waals surface area contributed by atoms with Crippen molar-refractivity contribution in [3.8, 4) is 0 Å². The number of nitrogens with one attached hydrogen (secondary N) is 1. The summed E-state index contributed by atoms with van der Waals surface area (Å²) in [4.78, 5) is 9.87. The van der Waals surface area contributed by atoms with E-state index in [2.05, 4.69) is 20.2 Å². The number of hydrogen-bond donors (Lipinski definition) is 1. The van der Waals surface area contributed by atoms with Crippen LogP contribution in [0.3, 0.4) is 0 Å². The average molecular weight is 201 g/mol. The molecule has 1 aromatic heterocycles. The molecule has 4 nitrogen and oxygen atoms in total. The molecule has 0 unspecified atom stereocenters. The summed E-state index contributed by atoms with van der Waals surface area (Å²) in [6.07, 6.45) is 1.63. The van der Waals surface area contributed by atoms with Gasteiger partial charge in [-0.05, 0) is 31.8 Å². The summed E-state index contributed by atoms with van der Waals surface area (Å²) in [5.74, 6) is 0.766. The van der Waals surface area contributed by atoms with Crippen molar-refractivity contribution in [3.63, 3.8) is 0 Å². The van der Waals surface area contributed by atoms with Crippen molar-refractivity contribution < 1.29 is 0 Å². The maximum atomic E-state index is 5.61. The monoisotopic (exact) mass is 200 g/mol. The quantitative estimate of drug-likeness (QED) is 0.740. The highest BCUT2D eigenvalue weighted by atomic mass is 35.5. The number of halogens is 1. The van der Waals surface area contributed by atoms with Gasteiger partial charge in [-0.1, -0.05) is 0 Å². The Labute approximate surface area is 82.9 Å². The van der Waals surface area contributed by atoms with Gasteiger partial charge in [-0.25, -0.2) is 9.97 Å². The summed E-state index contributed by atoms with van der Waals surface area (Å²) in [6.45, 7) is 1.81. The fraction of sp³-hybridized carbons (Fsp3) is 0.500. The first kappa shape index (κ1) is 10.2. The number of aromatic nitrogens is 2. The molecule has 0 aliphatic heterocycles. The second-order valence-corrected chi connectivity index (χ2v) is 3.28. The van der Waals surface area contributed by atoms with Crippen molar-refractivity contribution in [1.29, 1.82) is 0 Å². The second kappa shape index (κ2) is 4.99. The molecule has 0 radical (unpaired) electrons. The van der Waals surface area contributed by atoms with Crippen molar-refractivity contribution in [3.05, 3.63) is 17.5 Å². The maximum Gasteiger partial charge on any atom is 0.224 e. The van der Waals surface area contributed by atoms with Crippen LogP contribution >= 0.6 is 11.6 Å². The molecule has 0 aromatic carbocycles. The lowest BCUT2D eigenvalue weighted by Gasteiger charge is -2.10. The normalized spacial score (nSPS) is 10.5. The van der Waals surface area contributed by atoms with Gasteiger partial charge < -0.3 is 10.2 Å². The number of rotatable bonds is 4. The molecule has 1 heterocycles. The van der Waals surface area contributed by atoms with Crippen molar-refractivity contribution in [1.82, 2.24) is 14.9 Å². The smallest absolute Gasteiger partial charge is 0.224 e. The Bertz CT molecular complexity index is 264. The first-order valence-corrected chi connectivity index (χ1v) is 4.43. The Morgan fingerprint density at radius 3 is 2.92 bits per heavy atom. The van der Waals surface area contributed by atoms with Crippen LogP contribution in [0.5, 0.6) is 0 Å². The van der Waals surface area contributed by atoms with E-state index in [4.69, 9.17) is 11.6 Å². The highest BCUT2D eigenvalue weighted by Crippen LogP contribution is 2.04. The lowest BCUT2D eigenvalue weighted by atomic mass is 10.5. The van der Waals surface area contributed by atoms with E-state index in [-0.39, 0.29) is 5.28 Å². The third kappa shape index (κ3) is 4.05. The zero-order valence-electron chi connectivity index (χ0n) is 7.79. The Hall–Kier alpha value is -0.870. The summed E-state index contributed by atoms with van der Waals surface area (Å²) in [6, 6.07) is 1.79. The van der Waals surface area contributed by atoms with E-state index in [1.165, 1.54) is 0 Å². The molecule has 0 saturated heterocycles. The van der Waals surface area contributed by atoms with E-state index in [9.17, 15) is 0 Å². The van der Waals surface area contributed by atoms with Crippen LogP contribution in [0.15, 0.2) is 12.3 Å². The molecule has 0 amide bonds. The van der Waals surface area contributed by atoms with Gasteiger partial charge in [0.05, 0.1) is 0 Å². The summed E-state index contributed by atoms with van der Waals surface area (Å²) >= 11 is 5.61. The van der Waals surface area contributed by atoms with Gasteiger partial charge in [0.25, 0.3) is 0 Å². The Balaban J connectivity index is 2.37.